The predicted octanol–water partition coefficient (Wildman–Crippen LogP) is 1.87. The molecule has 8 nitrogen and oxygen atoms in total. The van der Waals surface area contributed by atoms with Crippen molar-refractivity contribution in [2.24, 2.45) is 0 Å². The van der Waals surface area contributed by atoms with Crippen LogP contribution in [0.4, 0.5) is 5.13 Å². The van der Waals surface area contributed by atoms with E-state index in [0.717, 1.165) is 5.76 Å². The van der Waals surface area contributed by atoms with E-state index in [1.807, 2.05) is 19.1 Å². The lowest BCUT2D eigenvalue weighted by Gasteiger charge is -2.26. The van der Waals surface area contributed by atoms with E-state index in [1.165, 1.54) is 23.1 Å². The highest BCUT2D eigenvalue weighted by Crippen LogP contribution is 2.27. The average molecular weight is 417 g/mol. The van der Waals surface area contributed by atoms with Crippen LogP contribution < -0.4 is 5.32 Å². The molecule has 11 heteroatoms. The lowest BCUT2D eigenvalue weighted by atomic mass is 10.2. The highest BCUT2D eigenvalue weighted by molar-refractivity contribution is 8.01. The second-order valence-corrected chi connectivity index (χ2v) is 10.3. The van der Waals surface area contributed by atoms with Crippen LogP contribution in [0, 0.1) is 0 Å². The molecule has 2 aromatic rings. The second kappa shape index (κ2) is 8.40. The molecular formula is C15H20N4O4S3. The van der Waals surface area contributed by atoms with Gasteiger partial charge in [0, 0.05) is 12.6 Å². The third-order valence-electron chi connectivity index (χ3n) is 4.03. The lowest BCUT2D eigenvalue weighted by molar-refractivity contribution is -0.129. The maximum Gasteiger partial charge on any atom is 0.233 e. The number of thioether (sulfide) groups is 1. The number of rotatable bonds is 8. The van der Waals surface area contributed by atoms with E-state index in [2.05, 4.69) is 15.5 Å². The molecule has 0 aromatic carbocycles. The summed E-state index contributed by atoms with van der Waals surface area (Å²) in [6, 6.07) is 3.47. The van der Waals surface area contributed by atoms with Gasteiger partial charge in [-0.2, -0.15) is 0 Å². The zero-order valence-electron chi connectivity index (χ0n) is 14.3. The van der Waals surface area contributed by atoms with E-state index in [-0.39, 0.29) is 29.2 Å². The maximum atomic E-state index is 12.5. The van der Waals surface area contributed by atoms with Gasteiger partial charge in [-0.1, -0.05) is 23.1 Å². The minimum absolute atomic E-state index is 0.0664. The number of hydrogen-bond acceptors (Lipinski definition) is 9. The first-order valence-corrected chi connectivity index (χ1v) is 11.8. The van der Waals surface area contributed by atoms with E-state index in [9.17, 15) is 13.2 Å². The van der Waals surface area contributed by atoms with Crippen molar-refractivity contribution in [3.05, 3.63) is 24.2 Å². The van der Waals surface area contributed by atoms with Crippen LogP contribution in [0.15, 0.2) is 27.2 Å². The quantitative estimate of drug-likeness (QED) is 0.650. The first kappa shape index (κ1) is 19.2. The Balaban J connectivity index is 1.49. The number of hydrogen-bond donors (Lipinski definition) is 1. The first-order valence-electron chi connectivity index (χ1n) is 8.19. The number of carbonyl (C=O) groups is 1. The van der Waals surface area contributed by atoms with Crippen molar-refractivity contribution in [3.63, 3.8) is 0 Å². The molecule has 1 unspecified atom stereocenters. The minimum Gasteiger partial charge on any atom is -0.467 e. The fraction of sp³-hybridized carbons (Fsp3) is 0.533. The summed E-state index contributed by atoms with van der Waals surface area (Å²) < 4.78 is 29.2. The van der Waals surface area contributed by atoms with Gasteiger partial charge in [0.25, 0.3) is 0 Å². The van der Waals surface area contributed by atoms with Crippen molar-refractivity contribution in [1.29, 1.82) is 0 Å². The van der Waals surface area contributed by atoms with Gasteiger partial charge in [0.1, 0.15) is 5.76 Å². The van der Waals surface area contributed by atoms with Crippen molar-refractivity contribution in [2.45, 2.75) is 30.3 Å². The first-order chi connectivity index (χ1) is 12.5. The van der Waals surface area contributed by atoms with Crippen molar-refractivity contribution >= 4 is 44.0 Å². The van der Waals surface area contributed by atoms with Gasteiger partial charge in [0.15, 0.2) is 14.2 Å². The molecule has 142 valence electrons. The number of anilines is 1. The molecule has 0 radical (unpaired) electrons. The number of nitrogens with one attached hydrogen (secondary N) is 1. The van der Waals surface area contributed by atoms with Crippen LogP contribution in [-0.4, -0.2) is 59.3 Å². The summed E-state index contributed by atoms with van der Waals surface area (Å²) in [6.45, 7) is 2.89. The molecule has 0 spiro atoms. The summed E-state index contributed by atoms with van der Waals surface area (Å²) in [6.07, 6.45) is 2.13. The van der Waals surface area contributed by atoms with E-state index >= 15 is 0 Å². The van der Waals surface area contributed by atoms with Crippen LogP contribution >= 0.6 is 23.1 Å². The van der Waals surface area contributed by atoms with Gasteiger partial charge in [0.05, 0.1) is 30.1 Å². The summed E-state index contributed by atoms with van der Waals surface area (Å²) in [5.41, 5.74) is 0. The van der Waals surface area contributed by atoms with Crippen LogP contribution in [0.1, 0.15) is 19.1 Å². The predicted molar refractivity (Wildman–Crippen MR) is 101 cm³/mol. The van der Waals surface area contributed by atoms with E-state index in [4.69, 9.17) is 4.42 Å². The zero-order valence-corrected chi connectivity index (χ0v) is 16.7. The summed E-state index contributed by atoms with van der Waals surface area (Å²) in [5.74, 6) is 1.18. The highest BCUT2D eigenvalue weighted by atomic mass is 32.2. The lowest BCUT2D eigenvalue weighted by Crippen LogP contribution is -2.41. The van der Waals surface area contributed by atoms with Gasteiger partial charge in [-0.3, -0.25) is 4.79 Å². The normalized spacial score (nSPS) is 18.7. The fourth-order valence-electron chi connectivity index (χ4n) is 2.78. The van der Waals surface area contributed by atoms with Crippen LogP contribution in [0.25, 0.3) is 0 Å². The molecule has 0 bridgehead atoms. The SMILES string of the molecule is CCN(C(=O)CSc1nnc(NCc2ccco2)s1)C1CCS(=O)(=O)C1. The molecule has 1 aliphatic rings. The number of amides is 1. The summed E-state index contributed by atoms with van der Waals surface area (Å²) >= 11 is 2.69. The standard InChI is InChI=1S/C15H20N4O4S3/c1-2-19(11-5-7-26(21,22)10-11)13(20)9-24-15-18-17-14(25-15)16-8-12-4-3-6-23-12/h3-4,6,11H,2,5,7-10H2,1H3,(H,16,17). The Morgan fingerprint density at radius 2 is 2.35 bits per heavy atom. The van der Waals surface area contributed by atoms with E-state index in [1.54, 1.807) is 11.2 Å². The zero-order chi connectivity index (χ0) is 18.6. The molecule has 3 rings (SSSR count). The fourth-order valence-corrected chi connectivity index (χ4v) is 6.15. The Morgan fingerprint density at radius 3 is 3.00 bits per heavy atom. The third-order valence-corrected chi connectivity index (χ3v) is 7.78. The highest BCUT2D eigenvalue weighted by Gasteiger charge is 2.33. The van der Waals surface area contributed by atoms with Gasteiger partial charge in [0.2, 0.25) is 11.0 Å². The van der Waals surface area contributed by atoms with Crippen molar-refractivity contribution in [1.82, 2.24) is 15.1 Å². The monoisotopic (exact) mass is 416 g/mol. The Morgan fingerprint density at radius 1 is 1.50 bits per heavy atom. The third kappa shape index (κ3) is 4.98. The second-order valence-electron chi connectivity index (χ2n) is 5.83. The van der Waals surface area contributed by atoms with Crippen LogP contribution in [-0.2, 0) is 21.2 Å². The number of furan rings is 1. The van der Waals surface area contributed by atoms with E-state index < -0.39 is 9.84 Å². The molecule has 1 N–H and O–H groups in total. The molecule has 1 amide bonds. The van der Waals surface area contributed by atoms with Gasteiger partial charge in [-0.15, -0.1) is 10.2 Å². The largest absolute Gasteiger partial charge is 0.467 e. The van der Waals surface area contributed by atoms with Gasteiger partial charge >= 0.3 is 0 Å². The summed E-state index contributed by atoms with van der Waals surface area (Å²) in [5, 5.41) is 11.9. The van der Waals surface area contributed by atoms with Crippen LogP contribution in [0.3, 0.4) is 0 Å². The van der Waals surface area contributed by atoms with Crippen LogP contribution in [0.5, 0.6) is 0 Å². The molecule has 1 saturated heterocycles. The van der Waals surface area contributed by atoms with Gasteiger partial charge in [-0.05, 0) is 25.5 Å². The molecule has 26 heavy (non-hydrogen) atoms. The number of carbonyl (C=O) groups excluding carboxylic acids is 1. The summed E-state index contributed by atoms with van der Waals surface area (Å²) in [4.78, 5) is 14.1. The Kier molecular flexibility index (Phi) is 6.20. The van der Waals surface area contributed by atoms with E-state index in [0.29, 0.717) is 29.0 Å². The summed E-state index contributed by atoms with van der Waals surface area (Å²) in [7, 11) is -3.01. The number of sulfone groups is 1. The topological polar surface area (TPSA) is 105 Å². The molecule has 0 saturated carbocycles. The Hall–Kier alpha value is -1.59. The average Bonchev–Trinajstić information content (AvgIpc) is 3.33. The van der Waals surface area contributed by atoms with Crippen LogP contribution in [0.2, 0.25) is 0 Å². The molecule has 0 aliphatic carbocycles. The smallest absolute Gasteiger partial charge is 0.233 e. The molecular weight excluding hydrogens is 396 g/mol. The van der Waals surface area contributed by atoms with Crippen molar-refractivity contribution < 1.29 is 17.6 Å². The number of aromatic nitrogens is 2. The minimum atomic E-state index is -3.01. The molecule has 1 aliphatic heterocycles. The Labute approximate surface area is 160 Å². The number of nitrogens with zero attached hydrogens (tertiary/aromatic N) is 3. The van der Waals surface area contributed by atoms with Crippen molar-refractivity contribution in [3.8, 4) is 0 Å². The Bertz CT molecular complexity index is 835. The molecule has 3 heterocycles. The molecule has 1 fully saturated rings. The molecule has 1 atom stereocenters. The van der Waals surface area contributed by atoms with Crippen molar-refractivity contribution in [2.75, 3.05) is 29.1 Å². The van der Waals surface area contributed by atoms with Gasteiger partial charge < -0.3 is 14.6 Å². The molecule has 2 aromatic heterocycles. The van der Waals surface area contributed by atoms with Gasteiger partial charge in [-0.25, -0.2) is 8.42 Å². The maximum absolute atomic E-state index is 12.5.